The van der Waals surface area contributed by atoms with Gasteiger partial charge in [-0.3, -0.25) is 0 Å². The Kier molecular flexibility index (Phi) is 11.2. The molecule has 2 saturated heterocycles. The summed E-state index contributed by atoms with van der Waals surface area (Å²) < 4.78 is 5.35. The maximum absolute atomic E-state index is 11.9. The van der Waals surface area contributed by atoms with Gasteiger partial charge in [0.25, 0.3) is 0 Å². The molecule has 0 atom stereocenters. The molecule has 172 valence electrons. The second-order valence-corrected chi connectivity index (χ2v) is 10.4. The molecule has 0 spiro atoms. The molecule has 0 radical (unpaired) electrons. The largest absolute Gasteiger partial charge is 0.444 e. The number of carbonyl (C=O) groups excluding carboxylic acids is 1. The summed E-state index contributed by atoms with van der Waals surface area (Å²) in [7, 11) is 0. The molecule has 2 aliphatic heterocycles. The highest BCUT2D eigenvalue weighted by molar-refractivity contribution is 5.85. The van der Waals surface area contributed by atoms with Crippen molar-refractivity contribution >= 4 is 18.5 Å². The monoisotopic (exact) mass is 440 g/mol. The summed E-state index contributed by atoms with van der Waals surface area (Å²) in [6, 6.07) is 4.74. The summed E-state index contributed by atoms with van der Waals surface area (Å²) in [6.07, 6.45) is 3.82. The molecular formula is C23H41ClN4O2. The van der Waals surface area contributed by atoms with Crippen LogP contribution in [0.4, 0.5) is 4.79 Å². The summed E-state index contributed by atoms with van der Waals surface area (Å²) in [5.74, 6) is 0.954. The Morgan fingerprint density at radius 1 is 0.867 bits per heavy atom. The minimum absolute atomic E-state index is 0. The van der Waals surface area contributed by atoms with E-state index in [0.717, 1.165) is 38.8 Å². The van der Waals surface area contributed by atoms with E-state index in [2.05, 4.69) is 17.5 Å². The Morgan fingerprint density at radius 3 is 1.63 bits per heavy atom. The third-order valence-corrected chi connectivity index (χ3v) is 6.10. The van der Waals surface area contributed by atoms with Gasteiger partial charge in [-0.25, -0.2) is 4.79 Å². The maximum atomic E-state index is 11.9. The number of nitrogens with one attached hydrogen (secondary N) is 1. The Bertz CT molecular complexity index is 615. The highest BCUT2D eigenvalue weighted by Gasteiger charge is 2.35. The highest BCUT2D eigenvalue weighted by atomic mass is 35.5. The lowest BCUT2D eigenvalue weighted by Crippen LogP contribution is -2.44. The van der Waals surface area contributed by atoms with Crippen LogP contribution in [0.1, 0.15) is 74.1 Å². The van der Waals surface area contributed by atoms with Gasteiger partial charge < -0.3 is 15.0 Å². The maximum Gasteiger partial charge on any atom is 0.410 e. The van der Waals surface area contributed by atoms with E-state index < -0.39 is 5.60 Å². The first-order valence-corrected chi connectivity index (χ1v) is 10.8. The Labute approximate surface area is 189 Å². The van der Waals surface area contributed by atoms with Gasteiger partial charge >= 0.3 is 6.09 Å². The average molecular weight is 441 g/mol. The van der Waals surface area contributed by atoms with Crippen LogP contribution in [-0.2, 0) is 4.74 Å². The van der Waals surface area contributed by atoms with E-state index in [9.17, 15) is 4.79 Å². The van der Waals surface area contributed by atoms with Crippen molar-refractivity contribution < 1.29 is 9.53 Å². The first-order valence-electron chi connectivity index (χ1n) is 10.8. The lowest BCUT2D eigenvalue weighted by atomic mass is 9.75. The van der Waals surface area contributed by atoms with E-state index in [0.29, 0.717) is 24.9 Å². The van der Waals surface area contributed by atoms with Gasteiger partial charge in [0.05, 0.1) is 23.0 Å². The fraction of sp³-hybridized carbons (Fsp3) is 0.870. The zero-order valence-electron chi connectivity index (χ0n) is 19.9. The van der Waals surface area contributed by atoms with E-state index in [1.54, 1.807) is 4.90 Å². The lowest BCUT2D eigenvalue weighted by Gasteiger charge is -2.37. The highest BCUT2D eigenvalue weighted by Crippen LogP contribution is 2.34. The van der Waals surface area contributed by atoms with Crippen molar-refractivity contribution in [3.05, 3.63) is 0 Å². The summed E-state index contributed by atoms with van der Waals surface area (Å²) in [6.45, 7) is 17.2. The molecule has 0 aromatic carbocycles. The molecule has 0 aromatic heterocycles. The van der Waals surface area contributed by atoms with Crippen LogP contribution >= 0.6 is 12.4 Å². The van der Waals surface area contributed by atoms with Crippen LogP contribution in [0.25, 0.3) is 0 Å². The standard InChI is InChI=1S/C14H24N2O2.C9H16N2.ClH/c1-13(2,3)18-12(17)16-8-6-11(7-9-16)14(4,5)10-15;1-9(2,7-10)8-3-5-11-6-4-8;/h11H,6-9H2,1-5H3;8,11H,3-6H2,1-2H3;1H. The number of likely N-dealkylation sites (tertiary alicyclic amines) is 1. The van der Waals surface area contributed by atoms with Crippen LogP contribution in [0, 0.1) is 45.3 Å². The summed E-state index contributed by atoms with van der Waals surface area (Å²) in [4.78, 5) is 13.6. The van der Waals surface area contributed by atoms with E-state index in [1.807, 2.05) is 48.5 Å². The van der Waals surface area contributed by atoms with Gasteiger partial charge in [0.2, 0.25) is 0 Å². The number of carbonyl (C=O) groups is 1. The molecule has 0 bridgehead atoms. The van der Waals surface area contributed by atoms with Gasteiger partial charge in [-0.2, -0.15) is 10.5 Å². The molecule has 1 amide bonds. The van der Waals surface area contributed by atoms with Gasteiger partial charge in [-0.15, -0.1) is 12.4 Å². The van der Waals surface area contributed by atoms with Crippen LogP contribution in [0.15, 0.2) is 0 Å². The van der Waals surface area contributed by atoms with Crippen molar-refractivity contribution in [2.24, 2.45) is 22.7 Å². The lowest BCUT2D eigenvalue weighted by molar-refractivity contribution is 0.0146. The van der Waals surface area contributed by atoms with Gasteiger partial charge in [-0.1, -0.05) is 0 Å². The zero-order chi connectivity index (χ0) is 22.3. The van der Waals surface area contributed by atoms with Crippen molar-refractivity contribution in [3.8, 4) is 12.1 Å². The third-order valence-electron chi connectivity index (χ3n) is 6.10. The van der Waals surface area contributed by atoms with Crippen LogP contribution in [0.5, 0.6) is 0 Å². The number of ether oxygens (including phenoxy) is 1. The average Bonchev–Trinajstić information content (AvgIpc) is 2.68. The number of nitrogens with zero attached hydrogens (tertiary/aromatic N) is 3. The first kappa shape index (κ1) is 28.5. The van der Waals surface area contributed by atoms with Crippen LogP contribution < -0.4 is 5.32 Å². The van der Waals surface area contributed by atoms with E-state index in [-0.39, 0.29) is 29.3 Å². The van der Waals surface area contributed by atoms with Crippen LogP contribution in [0.2, 0.25) is 0 Å². The molecule has 2 heterocycles. The van der Waals surface area contributed by atoms with E-state index in [1.165, 1.54) is 0 Å². The molecule has 2 aliphatic rings. The van der Waals surface area contributed by atoms with Crippen LogP contribution in [0.3, 0.4) is 0 Å². The smallest absolute Gasteiger partial charge is 0.410 e. The number of hydrogen-bond donors (Lipinski definition) is 1. The molecule has 6 nitrogen and oxygen atoms in total. The zero-order valence-corrected chi connectivity index (χ0v) is 20.7. The normalized spacial score (nSPS) is 18.8. The minimum Gasteiger partial charge on any atom is -0.444 e. The molecule has 0 aliphatic carbocycles. The first-order chi connectivity index (χ1) is 13.3. The van der Waals surface area contributed by atoms with Crippen molar-refractivity contribution in [1.29, 1.82) is 10.5 Å². The molecular weight excluding hydrogens is 400 g/mol. The van der Waals surface area contributed by atoms with Crippen molar-refractivity contribution in [1.82, 2.24) is 10.2 Å². The number of nitriles is 2. The Hall–Kier alpha value is -1.50. The molecule has 2 rings (SSSR count). The molecule has 2 fully saturated rings. The Balaban J connectivity index is 0.000000603. The summed E-state index contributed by atoms with van der Waals surface area (Å²) in [5.41, 5.74) is -0.873. The molecule has 7 heteroatoms. The van der Waals surface area contributed by atoms with Crippen molar-refractivity contribution in [2.45, 2.75) is 79.8 Å². The number of halogens is 1. The fourth-order valence-electron chi connectivity index (χ4n) is 3.84. The quantitative estimate of drug-likeness (QED) is 0.641. The van der Waals surface area contributed by atoms with Gasteiger partial charge in [0.1, 0.15) is 5.60 Å². The minimum atomic E-state index is -0.445. The fourth-order valence-corrected chi connectivity index (χ4v) is 3.84. The molecule has 0 unspecified atom stereocenters. The number of amides is 1. The van der Waals surface area contributed by atoms with E-state index in [4.69, 9.17) is 15.3 Å². The number of piperidine rings is 2. The summed E-state index contributed by atoms with van der Waals surface area (Å²) >= 11 is 0. The van der Waals surface area contributed by atoms with Gasteiger partial charge in [0.15, 0.2) is 0 Å². The Morgan fingerprint density at radius 2 is 1.27 bits per heavy atom. The second-order valence-electron chi connectivity index (χ2n) is 10.4. The SMILES string of the molecule is CC(C)(C#N)C1CCNCC1.CC(C)(C)OC(=O)N1CCC(C(C)(C)C#N)CC1.Cl. The van der Waals surface area contributed by atoms with E-state index >= 15 is 0 Å². The van der Waals surface area contributed by atoms with Gasteiger partial charge in [-0.05, 0) is 99.1 Å². The predicted octanol–water partition coefficient (Wildman–Crippen LogP) is 5.14. The summed E-state index contributed by atoms with van der Waals surface area (Å²) in [5, 5.41) is 21.3. The topological polar surface area (TPSA) is 89.2 Å². The number of hydrogen-bond acceptors (Lipinski definition) is 5. The van der Waals surface area contributed by atoms with Gasteiger partial charge in [0, 0.05) is 13.1 Å². The molecule has 1 N–H and O–H groups in total. The number of rotatable bonds is 2. The molecule has 0 aromatic rings. The second kappa shape index (κ2) is 11.8. The third kappa shape index (κ3) is 9.11. The van der Waals surface area contributed by atoms with Crippen molar-refractivity contribution in [2.75, 3.05) is 26.2 Å². The predicted molar refractivity (Wildman–Crippen MR) is 122 cm³/mol. The molecule has 30 heavy (non-hydrogen) atoms. The molecule has 0 saturated carbocycles. The van der Waals surface area contributed by atoms with Crippen LogP contribution in [-0.4, -0.2) is 42.8 Å². The van der Waals surface area contributed by atoms with Crippen molar-refractivity contribution in [3.63, 3.8) is 0 Å².